The number of nitro groups is 1. The number of hydrogen-bond acceptors (Lipinski definition) is 5. The van der Waals surface area contributed by atoms with Crippen LogP contribution in [0.1, 0.15) is 5.56 Å². The Labute approximate surface area is 158 Å². The normalized spacial score (nSPS) is 10.3. The molecule has 128 valence electrons. The molecular formula is C18H10Cl2N4O2. The largest absolute Gasteiger partial charge is 0.383 e. The van der Waals surface area contributed by atoms with E-state index in [2.05, 4.69) is 4.98 Å². The van der Waals surface area contributed by atoms with Gasteiger partial charge in [-0.2, -0.15) is 5.26 Å². The topological polar surface area (TPSA) is 106 Å². The lowest BCUT2D eigenvalue weighted by Crippen LogP contribution is -2.00. The van der Waals surface area contributed by atoms with Gasteiger partial charge >= 0.3 is 0 Å². The van der Waals surface area contributed by atoms with Gasteiger partial charge in [0.15, 0.2) is 0 Å². The van der Waals surface area contributed by atoms with Crippen molar-refractivity contribution in [2.45, 2.75) is 0 Å². The molecule has 0 saturated heterocycles. The van der Waals surface area contributed by atoms with Gasteiger partial charge in [0.2, 0.25) is 0 Å². The summed E-state index contributed by atoms with van der Waals surface area (Å²) in [5, 5.41) is 21.4. The van der Waals surface area contributed by atoms with Gasteiger partial charge in [-0.05, 0) is 24.3 Å². The van der Waals surface area contributed by atoms with Gasteiger partial charge in [-0.3, -0.25) is 10.1 Å². The predicted molar refractivity (Wildman–Crippen MR) is 101 cm³/mol. The van der Waals surface area contributed by atoms with E-state index in [9.17, 15) is 15.4 Å². The van der Waals surface area contributed by atoms with Crippen LogP contribution >= 0.6 is 23.2 Å². The summed E-state index contributed by atoms with van der Waals surface area (Å²) in [7, 11) is 0. The van der Waals surface area contributed by atoms with Crippen molar-refractivity contribution in [2.75, 3.05) is 5.73 Å². The first kappa shape index (κ1) is 17.7. The van der Waals surface area contributed by atoms with Crippen LogP contribution in [0.15, 0.2) is 48.5 Å². The zero-order valence-electron chi connectivity index (χ0n) is 13.1. The fourth-order valence-corrected chi connectivity index (χ4v) is 2.84. The van der Waals surface area contributed by atoms with Crippen molar-refractivity contribution in [3.8, 4) is 28.5 Å². The van der Waals surface area contributed by atoms with E-state index in [0.717, 1.165) is 5.56 Å². The number of nitriles is 1. The number of anilines is 1. The molecular weight excluding hydrogens is 375 g/mol. The Morgan fingerprint density at radius 3 is 2.38 bits per heavy atom. The summed E-state index contributed by atoms with van der Waals surface area (Å²) < 4.78 is 0. The first-order valence-corrected chi connectivity index (χ1v) is 8.07. The van der Waals surface area contributed by atoms with Crippen LogP contribution in [-0.4, -0.2) is 9.91 Å². The van der Waals surface area contributed by atoms with Crippen LogP contribution in [0.2, 0.25) is 10.0 Å². The molecule has 0 aliphatic carbocycles. The van der Waals surface area contributed by atoms with E-state index in [1.54, 1.807) is 30.3 Å². The minimum Gasteiger partial charge on any atom is -0.383 e. The Bertz CT molecular complexity index is 1060. The Morgan fingerprint density at radius 1 is 1.08 bits per heavy atom. The third-order valence-corrected chi connectivity index (χ3v) is 4.33. The quantitative estimate of drug-likeness (QED) is 0.500. The maximum atomic E-state index is 11.1. The Kier molecular flexibility index (Phi) is 4.76. The molecule has 0 aliphatic rings. The molecule has 2 aromatic carbocycles. The summed E-state index contributed by atoms with van der Waals surface area (Å²) in [5.41, 5.74) is 7.84. The number of nitrogens with zero attached hydrogens (tertiary/aromatic N) is 3. The second kappa shape index (κ2) is 7.00. The fraction of sp³-hybridized carbons (Fsp3) is 0. The van der Waals surface area contributed by atoms with Gasteiger partial charge in [-0.1, -0.05) is 35.3 Å². The van der Waals surface area contributed by atoms with Crippen LogP contribution in [0.25, 0.3) is 22.4 Å². The van der Waals surface area contributed by atoms with Gasteiger partial charge in [0, 0.05) is 38.9 Å². The second-order valence-corrected chi connectivity index (χ2v) is 6.20. The molecule has 0 fully saturated rings. The second-order valence-electron chi connectivity index (χ2n) is 5.36. The first-order valence-electron chi connectivity index (χ1n) is 7.31. The molecule has 1 aromatic heterocycles. The zero-order chi connectivity index (χ0) is 18.8. The van der Waals surface area contributed by atoms with Crippen molar-refractivity contribution in [1.29, 1.82) is 5.26 Å². The lowest BCUT2D eigenvalue weighted by atomic mass is 9.98. The van der Waals surface area contributed by atoms with Crippen LogP contribution in [0.4, 0.5) is 11.5 Å². The van der Waals surface area contributed by atoms with Crippen LogP contribution in [-0.2, 0) is 0 Å². The summed E-state index contributed by atoms with van der Waals surface area (Å²) in [5.74, 6) is 0.0116. The molecule has 0 radical (unpaired) electrons. The molecule has 3 rings (SSSR count). The number of nitrogen functional groups attached to an aromatic ring is 1. The average Bonchev–Trinajstić information content (AvgIpc) is 2.62. The van der Waals surface area contributed by atoms with E-state index in [4.69, 9.17) is 28.9 Å². The van der Waals surface area contributed by atoms with E-state index in [-0.39, 0.29) is 22.1 Å². The lowest BCUT2D eigenvalue weighted by molar-refractivity contribution is -0.384. The summed E-state index contributed by atoms with van der Waals surface area (Å²) in [6, 6.07) is 14.6. The van der Waals surface area contributed by atoms with E-state index in [1.165, 1.54) is 18.2 Å². The number of nitrogens with two attached hydrogens (primary N) is 1. The summed E-state index contributed by atoms with van der Waals surface area (Å²) in [6.07, 6.45) is 0. The van der Waals surface area contributed by atoms with Crippen molar-refractivity contribution >= 4 is 34.7 Å². The number of pyridine rings is 1. The van der Waals surface area contributed by atoms with Crippen molar-refractivity contribution < 1.29 is 4.92 Å². The van der Waals surface area contributed by atoms with Gasteiger partial charge in [-0.15, -0.1) is 0 Å². The van der Waals surface area contributed by atoms with Crippen molar-refractivity contribution in [3.63, 3.8) is 0 Å². The Balaban J connectivity index is 2.27. The highest BCUT2D eigenvalue weighted by Crippen LogP contribution is 2.37. The van der Waals surface area contributed by atoms with Gasteiger partial charge in [0.05, 0.1) is 10.6 Å². The minimum atomic E-state index is -0.531. The van der Waals surface area contributed by atoms with Crippen molar-refractivity contribution in [3.05, 3.63) is 74.3 Å². The molecule has 8 heteroatoms. The van der Waals surface area contributed by atoms with Crippen LogP contribution < -0.4 is 5.73 Å². The number of hydrogen-bond donors (Lipinski definition) is 1. The molecule has 0 bridgehead atoms. The standard InChI is InChI=1S/C18H10Cl2N4O2/c19-11-3-1-10(2-4-11)17-8-13(15(9-21)18(22)23-17)14-7-12(24(25)26)5-6-16(14)20/h1-8H,(H2,22,23). The molecule has 0 atom stereocenters. The van der Waals surface area contributed by atoms with Gasteiger partial charge in [0.1, 0.15) is 17.5 Å². The highest BCUT2D eigenvalue weighted by Gasteiger charge is 2.18. The number of aromatic nitrogens is 1. The van der Waals surface area contributed by atoms with Gasteiger partial charge in [0.25, 0.3) is 5.69 Å². The minimum absolute atomic E-state index is 0.0116. The zero-order valence-corrected chi connectivity index (χ0v) is 14.6. The number of non-ortho nitro benzene ring substituents is 1. The summed E-state index contributed by atoms with van der Waals surface area (Å²) in [4.78, 5) is 14.8. The van der Waals surface area contributed by atoms with E-state index >= 15 is 0 Å². The Morgan fingerprint density at radius 2 is 1.77 bits per heavy atom. The van der Waals surface area contributed by atoms with E-state index in [0.29, 0.717) is 21.8 Å². The monoisotopic (exact) mass is 384 g/mol. The molecule has 3 aromatic rings. The fourth-order valence-electron chi connectivity index (χ4n) is 2.50. The number of benzene rings is 2. The Hall–Kier alpha value is -3.14. The average molecular weight is 385 g/mol. The SMILES string of the molecule is N#Cc1c(-c2cc([N+](=O)[O-])ccc2Cl)cc(-c2ccc(Cl)cc2)nc1N. The summed E-state index contributed by atoms with van der Waals surface area (Å²) >= 11 is 12.1. The highest BCUT2D eigenvalue weighted by molar-refractivity contribution is 6.33. The first-order chi connectivity index (χ1) is 12.4. The maximum absolute atomic E-state index is 11.1. The molecule has 26 heavy (non-hydrogen) atoms. The van der Waals surface area contributed by atoms with Gasteiger partial charge in [-0.25, -0.2) is 4.98 Å². The van der Waals surface area contributed by atoms with Crippen LogP contribution in [0.3, 0.4) is 0 Å². The highest BCUT2D eigenvalue weighted by atomic mass is 35.5. The number of halogens is 2. The molecule has 2 N–H and O–H groups in total. The molecule has 0 saturated carbocycles. The molecule has 6 nitrogen and oxygen atoms in total. The lowest BCUT2D eigenvalue weighted by Gasteiger charge is -2.11. The number of nitro benzene ring substituents is 1. The molecule has 0 unspecified atom stereocenters. The van der Waals surface area contributed by atoms with Crippen LogP contribution in [0, 0.1) is 21.4 Å². The van der Waals surface area contributed by atoms with E-state index < -0.39 is 4.92 Å². The van der Waals surface area contributed by atoms with Crippen LogP contribution in [0.5, 0.6) is 0 Å². The predicted octanol–water partition coefficient (Wildman–Crippen LogP) is 5.08. The van der Waals surface area contributed by atoms with Gasteiger partial charge < -0.3 is 5.73 Å². The third-order valence-electron chi connectivity index (χ3n) is 3.75. The molecule has 0 amide bonds. The van der Waals surface area contributed by atoms with E-state index in [1.807, 2.05) is 6.07 Å². The maximum Gasteiger partial charge on any atom is 0.270 e. The molecule has 0 aliphatic heterocycles. The molecule has 0 spiro atoms. The molecule has 1 heterocycles. The smallest absolute Gasteiger partial charge is 0.270 e. The van der Waals surface area contributed by atoms with Crippen molar-refractivity contribution in [2.24, 2.45) is 0 Å². The summed E-state index contributed by atoms with van der Waals surface area (Å²) in [6.45, 7) is 0. The number of rotatable bonds is 3. The third kappa shape index (κ3) is 3.31. The van der Waals surface area contributed by atoms with Crippen molar-refractivity contribution in [1.82, 2.24) is 4.98 Å².